The van der Waals surface area contributed by atoms with Crippen molar-refractivity contribution in [2.45, 2.75) is 25.5 Å². The first-order valence-electron chi connectivity index (χ1n) is 7.19. The highest BCUT2D eigenvalue weighted by Gasteiger charge is 2.21. The van der Waals surface area contributed by atoms with Crippen LogP contribution in [0, 0.1) is 5.82 Å². The molecule has 3 rings (SSSR count). The van der Waals surface area contributed by atoms with Gasteiger partial charge in [-0.15, -0.1) is 0 Å². The zero-order valence-corrected chi connectivity index (χ0v) is 11.8. The van der Waals surface area contributed by atoms with Crippen LogP contribution in [-0.2, 0) is 11.3 Å². The summed E-state index contributed by atoms with van der Waals surface area (Å²) in [5.74, 6) is 0.427. The predicted molar refractivity (Wildman–Crippen MR) is 78.5 cm³/mol. The van der Waals surface area contributed by atoms with E-state index in [0.717, 1.165) is 31.6 Å². The lowest BCUT2D eigenvalue weighted by Gasteiger charge is -2.25. The van der Waals surface area contributed by atoms with Gasteiger partial charge in [-0.25, -0.2) is 14.4 Å². The number of ether oxygens (including phenoxy) is 1. The third-order valence-corrected chi connectivity index (χ3v) is 3.55. The second-order valence-corrected chi connectivity index (χ2v) is 5.19. The van der Waals surface area contributed by atoms with Crippen molar-refractivity contribution in [1.29, 1.82) is 0 Å². The van der Waals surface area contributed by atoms with E-state index in [1.807, 2.05) is 11.0 Å². The Morgan fingerprint density at radius 2 is 2.10 bits per heavy atom. The van der Waals surface area contributed by atoms with Gasteiger partial charge in [0, 0.05) is 32.1 Å². The largest absolute Gasteiger partial charge is 0.376 e. The Morgan fingerprint density at radius 3 is 2.81 bits per heavy atom. The molecule has 1 aromatic heterocycles. The SMILES string of the molecule is Fc1cccc(CN(C[C@@H]2CCCO2)c2ncccn2)c1. The molecule has 1 aromatic carbocycles. The maximum Gasteiger partial charge on any atom is 0.225 e. The van der Waals surface area contributed by atoms with E-state index < -0.39 is 0 Å². The van der Waals surface area contributed by atoms with Crippen LogP contribution >= 0.6 is 0 Å². The van der Waals surface area contributed by atoms with Crippen molar-refractivity contribution in [3.63, 3.8) is 0 Å². The van der Waals surface area contributed by atoms with E-state index in [1.165, 1.54) is 6.07 Å². The van der Waals surface area contributed by atoms with Crippen LogP contribution in [0.4, 0.5) is 10.3 Å². The summed E-state index contributed by atoms with van der Waals surface area (Å²) in [6.07, 6.45) is 5.77. The number of rotatable bonds is 5. The number of aromatic nitrogens is 2. The standard InChI is InChI=1S/C16H18FN3O/c17-14-5-1-4-13(10-14)11-20(12-15-6-2-9-21-15)16-18-7-3-8-19-16/h1,3-5,7-8,10,15H,2,6,9,11-12H2/t15-/m0/s1. The van der Waals surface area contributed by atoms with E-state index in [4.69, 9.17) is 4.74 Å². The van der Waals surface area contributed by atoms with Crippen molar-refractivity contribution in [3.8, 4) is 0 Å². The van der Waals surface area contributed by atoms with Gasteiger partial charge in [-0.3, -0.25) is 0 Å². The molecule has 2 aromatic rings. The summed E-state index contributed by atoms with van der Waals surface area (Å²) in [6.45, 7) is 2.11. The molecule has 5 heteroatoms. The highest BCUT2D eigenvalue weighted by Crippen LogP contribution is 2.18. The lowest BCUT2D eigenvalue weighted by molar-refractivity contribution is 0.115. The molecule has 0 aliphatic carbocycles. The fraction of sp³-hybridized carbons (Fsp3) is 0.375. The first kappa shape index (κ1) is 13.9. The zero-order chi connectivity index (χ0) is 14.5. The number of anilines is 1. The molecule has 2 heterocycles. The van der Waals surface area contributed by atoms with Crippen LogP contribution in [0.25, 0.3) is 0 Å². The first-order chi connectivity index (χ1) is 10.3. The number of hydrogen-bond acceptors (Lipinski definition) is 4. The third-order valence-electron chi connectivity index (χ3n) is 3.55. The minimum atomic E-state index is -0.224. The van der Waals surface area contributed by atoms with Gasteiger partial charge in [-0.2, -0.15) is 0 Å². The van der Waals surface area contributed by atoms with Crippen LogP contribution in [0.1, 0.15) is 18.4 Å². The molecule has 1 aliphatic rings. The zero-order valence-electron chi connectivity index (χ0n) is 11.8. The molecule has 21 heavy (non-hydrogen) atoms. The van der Waals surface area contributed by atoms with Gasteiger partial charge in [-0.1, -0.05) is 12.1 Å². The highest BCUT2D eigenvalue weighted by atomic mass is 19.1. The van der Waals surface area contributed by atoms with Crippen molar-refractivity contribution >= 4 is 5.95 Å². The minimum Gasteiger partial charge on any atom is -0.376 e. The van der Waals surface area contributed by atoms with Crippen LogP contribution in [0.15, 0.2) is 42.7 Å². The fourth-order valence-corrected chi connectivity index (χ4v) is 2.56. The topological polar surface area (TPSA) is 38.2 Å². The maximum atomic E-state index is 13.4. The summed E-state index contributed by atoms with van der Waals surface area (Å²) in [7, 11) is 0. The molecule has 1 saturated heterocycles. The molecule has 0 radical (unpaired) electrons. The van der Waals surface area contributed by atoms with Crippen LogP contribution in [0.3, 0.4) is 0 Å². The van der Waals surface area contributed by atoms with E-state index in [1.54, 1.807) is 30.6 Å². The van der Waals surface area contributed by atoms with Gasteiger partial charge < -0.3 is 9.64 Å². The summed E-state index contributed by atoms with van der Waals surface area (Å²) >= 11 is 0. The Hall–Kier alpha value is -2.01. The molecule has 1 aliphatic heterocycles. The van der Waals surface area contributed by atoms with Crippen molar-refractivity contribution < 1.29 is 9.13 Å². The molecule has 4 nitrogen and oxygen atoms in total. The molecular formula is C16H18FN3O. The summed E-state index contributed by atoms with van der Waals surface area (Å²) in [5.41, 5.74) is 0.903. The van der Waals surface area contributed by atoms with Gasteiger partial charge in [0.05, 0.1) is 6.10 Å². The molecule has 0 spiro atoms. The second kappa shape index (κ2) is 6.63. The van der Waals surface area contributed by atoms with Crippen LogP contribution in [0.2, 0.25) is 0 Å². The summed E-state index contributed by atoms with van der Waals surface area (Å²) < 4.78 is 19.0. The lowest BCUT2D eigenvalue weighted by atomic mass is 10.2. The van der Waals surface area contributed by atoms with Gasteiger partial charge in [0.2, 0.25) is 5.95 Å². The molecule has 1 atom stereocenters. The molecule has 0 unspecified atom stereocenters. The molecule has 0 saturated carbocycles. The monoisotopic (exact) mass is 287 g/mol. The molecule has 1 fully saturated rings. The molecule has 0 amide bonds. The van der Waals surface area contributed by atoms with Gasteiger partial charge in [0.25, 0.3) is 0 Å². The van der Waals surface area contributed by atoms with Gasteiger partial charge >= 0.3 is 0 Å². The molecule has 0 N–H and O–H groups in total. The van der Waals surface area contributed by atoms with Crippen molar-refractivity contribution in [1.82, 2.24) is 9.97 Å². The Kier molecular flexibility index (Phi) is 4.40. The molecule has 110 valence electrons. The average molecular weight is 287 g/mol. The first-order valence-corrected chi connectivity index (χ1v) is 7.19. The number of benzene rings is 1. The third kappa shape index (κ3) is 3.76. The van der Waals surface area contributed by atoms with Crippen molar-refractivity contribution in [3.05, 3.63) is 54.1 Å². The average Bonchev–Trinajstić information content (AvgIpc) is 3.01. The quantitative estimate of drug-likeness (QED) is 0.847. The highest BCUT2D eigenvalue weighted by molar-refractivity contribution is 5.32. The van der Waals surface area contributed by atoms with E-state index in [2.05, 4.69) is 9.97 Å². The van der Waals surface area contributed by atoms with E-state index in [9.17, 15) is 4.39 Å². The number of hydrogen-bond donors (Lipinski definition) is 0. The van der Waals surface area contributed by atoms with E-state index in [-0.39, 0.29) is 11.9 Å². The van der Waals surface area contributed by atoms with E-state index in [0.29, 0.717) is 12.5 Å². The van der Waals surface area contributed by atoms with Gasteiger partial charge in [0.15, 0.2) is 0 Å². The van der Waals surface area contributed by atoms with Gasteiger partial charge in [-0.05, 0) is 36.6 Å². The van der Waals surface area contributed by atoms with Crippen molar-refractivity contribution in [2.24, 2.45) is 0 Å². The molecule has 0 bridgehead atoms. The summed E-state index contributed by atoms with van der Waals surface area (Å²) in [6, 6.07) is 8.42. The van der Waals surface area contributed by atoms with Crippen LogP contribution in [-0.4, -0.2) is 29.2 Å². The van der Waals surface area contributed by atoms with Gasteiger partial charge in [0.1, 0.15) is 5.82 Å². The summed E-state index contributed by atoms with van der Waals surface area (Å²) in [5, 5.41) is 0. The van der Waals surface area contributed by atoms with Crippen LogP contribution < -0.4 is 4.90 Å². The minimum absolute atomic E-state index is 0.197. The second-order valence-electron chi connectivity index (χ2n) is 5.19. The Labute approximate surface area is 123 Å². The van der Waals surface area contributed by atoms with Crippen LogP contribution in [0.5, 0.6) is 0 Å². The van der Waals surface area contributed by atoms with Crippen molar-refractivity contribution in [2.75, 3.05) is 18.1 Å². The fourth-order valence-electron chi connectivity index (χ4n) is 2.56. The summed E-state index contributed by atoms with van der Waals surface area (Å²) in [4.78, 5) is 10.7. The van der Waals surface area contributed by atoms with E-state index >= 15 is 0 Å². The number of nitrogens with zero attached hydrogens (tertiary/aromatic N) is 3. The normalized spacial score (nSPS) is 17.9. The Morgan fingerprint density at radius 1 is 1.24 bits per heavy atom. The molecular weight excluding hydrogens is 269 g/mol. The smallest absolute Gasteiger partial charge is 0.225 e. The predicted octanol–water partition coefficient (Wildman–Crippen LogP) is 2.80. The Bertz CT molecular complexity index is 573. The number of halogens is 1. The Balaban J connectivity index is 1.78. The lowest BCUT2D eigenvalue weighted by Crippen LogP contribution is -2.33. The maximum absolute atomic E-state index is 13.4.